The molecule has 1 aliphatic heterocycles. The highest BCUT2D eigenvalue weighted by Gasteiger charge is 2.43. The van der Waals surface area contributed by atoms with E-state index in [0.29, 0.717) is 24.1 Å². The molecule has 0 N–H and O–H groups in total. The van der Waals surface area contributed by atoms with Crippen molar-refractivity contribution in [3.8, 4) is 0 Å². The molecular formula is C23H28N2O2. The van der Waals surface area contributed by atoms with Gasteiger partial charge in [-0.3, -0.25) is 0 Å². The second-order valence-corrected chi connectivity index (χ2v) is 7.72. The molecule has 0 bridgehead atoms. The normalized spacial score (nSPS) is 22.5. The van der Waals surface area contributed by atoms with Crippen LogP contribution in [0, 0.1) is 5.92 Å². The Hall–Kier alpha value is -2.36. The van der Waals surface area contributed by atoms with Crippen molar-refractivity contribution in [1.82, 2.24) is 4.98 Å². The Morgan fingerprint density at radius 2 is 1.85 bits per heavy atom. The lowest BCUT2D eigenvalue weighted by atomic mass is 9.73. The molecule has 0 amide bonds. The number of anilines is 1. The van der Waals surface area contributed by atoms with Crippen molar-refractivity contribution in [3.05, 3.63) is 59.3 Å². The number of aromatic nitrogens is 1. The zero-order valence-corrected chi connectivity index (χ0v) is 16.2. The zero-order valence-electron chi connectivity index (χ0n) is 16.2. The molecule has 4 nitrogen and oxygen atoms in total. The van der Waals surface area contributed by atoms with Gasteiger partial charge in [0.15, 0.2) is 5.69 Å². The Bertz CT molecular complexity index is 799. The largest absolute Gasteiger partial charge is 0.461 e. The van der Waals surface area contributed by atoms with Gasteiger partial charge in [-0.2, -0.15) is 0 Å². The van der Waals surface area contributed by atoms with Gasteiger partial charge in [-0.25, -0.2) is 9.78 Å². The fourth-order valence-corrected chi connectivity index (χ4v) is 4.95. The fraction of sp³-hybridized carbons (Fsp3) is 0.478. The van der Waals surface area contributed by atoms with Gasteiger partial charge in [0.2, 0.25) is 0 Å². The number of hydrogen-bond acceptors (Lipinski definition) is 4. The Kier molecular flexibility index (Phi) is 5.15. The van der Waals surface area contributed by atoms with Gasteiger partial charge in [-0.1, -0.05) is 55.7 Å². The number of benzene rings is 1. The smallest absolute Gasteiger partial charge is 0.356 e. The Balaban J connectivity index is 1.76. The van der Waals surface area contributed by atoms with Crippen LogP contribution in [-0.2, 0) is 4.74 Å². The van der Waals surface area contributed by atoms with Gasteiger partial charge < -0.3 is 9.64 Å². The predicted molar refractivity (Wildman–Crippen MR) is 107 cm³/mol. The molecule has 1 saturated carbocycles. The number of esters is 1. The lowest BCUT2D eigenvalue weighted by Gasteiger charge is -2.34. The average Bonchev–Trinajstić information content (AvgIpc) is 3.01. The van der Waals surface area contributed by atoms with Crippen LogP contribution in [-0.4, -0.2) is 24.6 Å². The summed E-state index contributed by atoms with van der Waals surface area (Å²) >= 11 is 0. The molecule has 1 aliphatic carbocycles. The van der Waals surface area contributed by atoms with E-state index < -0.39 is 0 Å². The van der Waals surface area contributed by atoms with Gasteiger partial charge in [0.25, 0.3) is 0 Å². The van der Waals surface area contributed by atoms with Crippen LogP contribution < -0.4 is 4.90 Å². The lowest BCUT2D eigenvalue weighted by Crippen LogP contribution is -2.27. The van der Waals surface area contributed by atoms with Gasteiger partial charge in [-0.15, -0.1) is 0 Å². The molecule has 2 unspecified atom stereocenters. The number of carbonyl (C=O) groups is 1. The maximum Gasteiger partial charge on any atom is 0.356 e. The number of ether oxygens (including phenoxy) is 1. The minimum absolute atomic E-state index is 0.272. The molecular weight excluding hydrogens is 336 g/mol. The van der Waals surface area contributed by atoms with Gasteiger partial charge >= 0.3 is 5.97 Å². The summed E-state index contributed by atoms with van der Waals surface area (Å²) in [7, 11) is 2.11. The van der Waals surface area contributed by atoms with E-state index in [9.17, 15) is 4.79 Å². The van der Waals surface area contributed by atoms with E-state index in [-0.39, 0.29) is 12.0 Å². The summed E-state index contributed by atoms with van der Waals surface area (Å²) in [5, 5.41) is 0. The van der Waals surface area contributed by atoms with Crippen molar-refractivity contribution in [2.45, 2.75) is 51.0 Å². The Morgan fingerprint density at radius 3 is 2.56 bits per heavy atom. The van der Waals surface area contributed by atoms with Gasteiger partial charge in [0.05, 0.1) is 12.6 Å². The SMILES string of the molecule is CCOC(=O)c1ccc2c(n1)N(C)C(c1ccccc1)C2C1CCCCC1. The van der Waals surface area contributed by atoms with Gasteiger partial charge in [0, 0.05) is 18.5 Å². The molecule has 2 aliphatic rings. The Labute approximate surface area is 161 Å². The number of hydrogen-bond donors (Lipinski definition) is 0. The summed E-state index contributed by atoms with van der Waals surface area (Å²) in [6.07, 6.45) is 6.54. The van der Waals surface area contributed by atoms with Crippen LogP contribution in [0.25, 0.3) is 0 Å². The van der Waals surface area contributed by atoms with E-state index in [1.54, 1.807) is 0 Å². The molecule has 1 aromatic carbocycles. The highest BCUT2D eigenvalue weighted by atomic mass is 16.5. The van der Waals surface area contributed by atoms with Crippen LogP contribution in [0.2, 0.25) is 0 Å². The van der Waals surface area contributed by atoms with Crippen molar-refractivity contribution in [1.29, 1.82) is 0 Å². The first-order chi connectivity index (χ1) is 13.2. The molecule has 4 heteroatoms. The monoisotopic (exact) mass is 364 g/mol. The minimum atomic E-state index is -0.342. The van der Waals surface area contributed by atoms with E-state index in [0.717, 1.165) is 5.82 Å². The molecule has 1 fully saturated rings. The highest BCUT2D eigenvalue weighted by Crippen LogP contribution is 2.53. The van der Waals surface area contributed by atoms with E-state index in [4.69, 9.17) is 9.72 Å². The summed E-state index contributed by atoms with van der Waals surface area (Å²) < 4.78 is 5.16. The van der Waals surface area contributed by atoms with E-state index in [1.807, 2.05) is 13.0 Å². The topological polar surface area (TPSA) is 42.4 Å². The third kappa shape index (κ3) is 3.33. The molecule has 2 aromatic rings. The molecule has 27 heavy (non-hydrogen) atoms. The van der Waals surface area contributed by atoms with E-state index in [1.165, 1.54) is 43.2 Å². The number of carbonyl (C=O) groups excluding carboxylic acids is 1. The van der Waals surface area contributed by atoms with Crippen molar-refractivity contribution >= 4 is 11.8 Å². The van der Waals surface area contributed by atoms with Crippen molar-refractivity contribution in [3.63, 3.8) is 0 Å². The first-order valence-electron chi connectivity index (χ1n) is 10.2. The van der Waals surface area contributed by atoms with Crippen molar-refractivity contribution < 1.29 is 9.53 Å². The minimum Gasteiger partial charge on any atom is -0.461 e. The molecule has 2 heterocycles. The summed E-state index contributed by atoms with van der Waals surface area (Å²) in [5.41, 5.74) is 3.01. The second-order valence-electron chi connectivity index (χ2n) is 7.72. The van der Waals surface area contributed by atoms with Gasteiger partial charge in [0.1, 0.15) is 5.82 Å². The number of likely N-dealkylation sites (N-methyl/N-ethyl adjacent to an activating group) is 1. The molecule has 1 aromatic heterocycles. The molecule has 0 spiro atoms. The third-order valence-electron chi connectivity index (χ3n) is 6.14. The molecule has 0 saturated heterocycles. The van der Waals surface area contributed by atoms with Crippen molar-refractivity contribution in [2.24, 2.45) is 5.92 Å². The zero-order chi connectivity index (χ0) is 18.8. The second kappa shape index (κ2) is 7.71. The third-order valence-corrected chi connectivity index (χ3v) is 6.14. The molecule has 2 atom stereocenters. The summed E-state index contributed by atoms with van der Waals surface area (Å²) in [6.45, 7) is 2.19. The number of fused-ring (bicyclic) bond motifs is 1. The van der Waals surface area contributed by atoms with E-state index in [2.05, 4.69) is 48.3 Å². The maximum atomic E-state index is 12.2. The van der Waals surface area contributed by atoms with Crippen LogP contribution in [0.4, 0.5) is 5.82 Å². The first kappa shape index (κ1) is 18.0. The average molecular weight is 364 g/mol. The van der Waals surface area contributed by atoms with Crippen LogP contribution in [0.15, 0.2) is 42.5 Å². The molecule has 4 rings (SSSR count). The predicted octanol–water partition coefficient (Wildman–Crippen LogP) is 5.11. The first-order valence-corrected chi connectivity index (χ1v) is 10.2. The fourth-order valence-electron chi connectivity index (χ4n) is 4.95. The summed E-state index contributed by atoms with van der Waals surface area (Å²) in [4.78, 5) is 19.2. The summed E-state index contributed by atoms with van der Waals surface area (Å²) in [5.74, 6) is 1.69. The van der Waals surface area contributed by atoms with Crippen molar-refractivity contribution in [2.75, 3.05) is 18.6 Å². The number of rotatable bonds is 4. The highest BCUT2D eigenvalue weighted by molar-refractivity contribution is 5.88. The standard InChI is InChI=1S/C23H28N2O2/c1-3-27-23(26)19-15-14-18-20(16-10-6-4-7-11-16)21(25(2)22(18)24-19)17-12-8-5-9-13-17/h5,8-9,12-16,20-21H,3-4,6-7,10-11H2,1-2H3. The van der Waals surface area contributed by atoms with Crippen LogP contribution in [0.5, 0.6) is 0 Å². The number of pyridine rings is 1. The molecule has 0 radical (unpaired) electrons. The lowest BCUT2D eigenvalue weighted by molar-refractivity contribution is 0.0519. The Morgan fingerprint density at radius 1 is 1.11 bits per heavy atom. The van der Waals surface area contributed by atoms with Gasteiger partial charge in [-0.05, 0) is 37.3 Å². The quantitative estimate of drug-likeness (QED) is 0.707. The van der Waals surface area contributed by atoms with E-state index >= 15 is 0 Å². The van der Waals surface area contributed by atoms with Crippen LogP contribution >= 0.6 is 0 Å². The van der Waals surface area contributed by atoms with Crippen LogP contribution in [0.3, 0.4) is 0 Å². The molecule has 142 valence electrons. The maximum absolute atomic E-state index is 12.2. The van der Waals surface area contributed by atoms with Crippen LogP contribution in [0.1, 0.15) is 72.6 Å². The summed E-state index contributed by atoms with van der Waals surface area (Å²) in [6, 6.07) is 15.0. The number of nitrogens with zero attached hydrogens (tertiary/aromatic N) is 2.